The van der Waals surface area contributed by atoms with Crippen LogP contribution in [0.15, 0.2) is 48.5 Å². The van der Waals surface area contributed by atoms with Gasteiger partial charge in [0.25, 0.3) is 11.6 Å². The van der Waals surface area contributed by atoms with E-state index in [2.05, 4.69) is 12.2 Å². The molecule has 0 bridgehead atoms. The van der Waals surface area contributed by atoms with Crippen LogP contribution in [0, 0.1) is 10.1 Å². The summed E-state index contributed by atoms with van der Waals surface area (Å²) in [7, 11) is 0. The van der Waals surface area contributed by atoms with E-state index in [1.54, 1.807) is 6.07 Å². The maximum absolute atomic E-state index is 11.8. The maximum Gasteiger partial charge on any atom is 0.273 e. The van der Waals surface area contributed by atoms with Gasteiger partial charge in [0.05, 0.1) is 11.0 Å². The third-order valence-corrected chi connectivity index (χ3v) is 3.17. The van der Waals surface area contributed by atoms with E-state index >= 15 is 0 Å². The van der Waals surface area contributed by atoms with Crippen LogP contribution < -0.4 is 10.1 Å². The second-order valence-corrected chi connectivity index (χ2v) is 5.04. The lowest BCUT2D eigenvalue weighted by molar-refractivity contribution is -0.384. The number of hydrogen-bond donors (Lipinski definition) is 1. The molecule has 2 aromatic rings. The molecule has 0 spiro atoms. The molecule has 0 fully saturated rings. The predicted octanol–water partition coefficient (Wildman–Crippen LogP) is 3.56. The van der Waals surface area contributed by atoms with Crippen LogP contribution in [-0.2, 0) is 11.2 Å². The van der Waals surface area contributed by atoms with E-state index in [1.807, 2.05) is 24.3 Å². The Hall–Kier alpha value is -2.89. The second-order valence-electron chi connectivity index (χ2n) is 5.04. The number of anilines is 1. The van der Waals surface area contributed by atoms with Crippen molar-refractivity contribution in [3.8, 4) is 5.75 Å². The zero-order valence-corrected chi connectivity index (χ0v) is 12.8. The first-order valence-electron chi connectivity index (χ1n) is 7.34. The van der Waals surface area contributed by atoms with Crippen LogP contribution in [0.2, 0.25) is 0 Å². The molecular formula is C17H18N2O4. The molecular weight excluding hydrogens is 296 g/mol. The highest BCUT2D eigenvalue weighted by Crippen LogP contribution is 2.19. The zero-order chi connectivity index (χ0) is 16.7. The Labute approximate surface area is 134 Å². The number of carbonyl (C=O) groups excluding carboxylic acids is 1. The van der Waals surface area contributed by atoms with Crippen molar-refractivity contribution in [3.63, 3.8) is 0 Å². The minimum absolute atomic E-state index is 0.0746. The van der Waals surface area contributed by atoms with Gasteiger partial charge in [-0.05, 0) is 30.2 Å². The molecule has 23 heavy (non-hydrogen) atoms. The molecule has 0 aliphatic carbocycles. The second kappa shape index (κ2) is 7.93. The van der Waals surface area contributed by atoms with Crippen LogP contribution in [0.4, 0.5) is 11.4 Å². The molecule has 120 valence electrons. The van der Waals surface area contributed by atoms with E-state index in [4.69, 9.17) is 4.74 Å². The first-order valence-corrected chi connectivity index (χ1v) is 7.34. The summed E-state index contributed by atoms with van der Waals surface area (Å²) in [6.45, 7) is 1.90. The summed E-state index contributed by atoms with van der Waals surface area (Å²) < 4.78 is 5.28. The van der Waals surface area contributed by atoms with E-state index in [-0.39, 0.29) is 24.0 Å². The normalized spacial score (nSPS) is 10.1. The number of ether oxygens (including phenoxy) is 1. The Morgan fingerprint density at radius 2 is 1.96 bits per heavy atom. The van der Waals surface area contributed by atoms with Crippen molar-refractivity contribution in [1.29, 1.82) is 0 Å². The number of amides is 1. The van der Waals surface area contributed by atoms with Crippen LogP contribution in [0.25, 0.3) is 0 Å². The highest BCUT2D eigenvalue weighted by atomic mass is 16.6. The van der Waals surface area contributed by atoms with Gasteiger partial charge in [0, 0.05) is 11.8 Å². The van der Waals surface area contributed by atoms with Crippen LogP contribution >= 0.6 is 0 Å². The molecule has 1 amide bonds. The van der Waals surface area contributed by atoms with Crippen molar-refractivity contribution in [2.24, 2.45) is 0 Å². The Morgan fingerprint density at radius 3 is 2.61 bits per heavy atom. The summed E-state index contributed by atoms with van der Waals surface area (Å²) >= 11 is 0. The topological polar surface area (TPSA) is 81.5 Å². The van der Waals surface area contributed by atoms with Crippen LogP contribution in [0.1, 0.15) is 18.9 Å². The number of rotatable bonds is 7. The molecule has 6 heteroatoms. The lowest BCUT2D eigenvalue weighted by atomic mass is 10.1. The SMILES string of the molecule is CCCc1ccc(NC(=O)COc2cccc([N+](=O)[O-])c2)cc1. The Balaban J connectivity index is 1.87. The molecule has 0 aromatic heterocycles. The number of aryl methyl sites for hydroxylation is 1. The van der Waals surface area contributed by atoms with E-state index < -0.39 is 4.92 Å². The summed E-state index contributed by atoms with van der Waals surface area (Å²) in [4.78, 5) is 22.0. The largest absolute Gasteiger partial charge is 0.484 e. The van der Waals surface area contributed by atoms with E-state index in [0.717, 1.165) is 12.8 Å². The average Bonchev–Trinajstić information content (AvgIpc) is 2.55. The van der Waals surface area contributed by atoms with Crippen molar-refractivity contribution < 1.29 is 14.5 Å². The van der Waals surface area contributed by atoms with E-state index in [1.165, 1.54) is 23.8 Å². The van der Waals surface area contributed by atoms with Gasteiger partial charge < -0.3 is 10.1 Å². The molecule has 2 aromatic carbocycles. The quantitative estimate of drug-likeness (QED) is 0.625. The summed E-state index contributed by atoms with van der Waals surface area (Å²) in [6, 6.07) is 13.4. The Kier molecular flexibility index (Phi) is 5.68. The van der Waals surface area contributed by atoms with Crippen molar-refractivity contribution in [1.82, 2.24) is 0 Å². The summed E-state index contributed by atoms with van der Waals surface area (Å²) in [5, 5.41) is 13.4. The molecule has 0 saturated heterocycles. The minimum Gasteiger partial charge on any atom is -0.484 e. The van der Waals surface area contributed by atoms with E-state index in [9.17, 15) is 14.9 Å². The summed E-state index contributed by atoms with van der Waals surface area (Å²) in [5.41, 5.74) is 1.84. The maximum atomic E-state index is 11.8. The van der Waals surface area contributed by atoms with Gasteiger partial charge in [0.15, 0.2) is 6.61 Å². The van der Waals surface area contributed by atoms with Gasteiger partial charge in [0.1, 0.15) is 5.75 Å². The monoisotopic (exact) mass is 314 g/mol. The minimum atomic E-state index is -0.509. The van der Waals surface area contributed by atoms with Crippen LogP contribution in [0.5, 0.6) is 5.75 Å². The summed E-state index contributed by atoms with van der Waals surface area (Å²) in [6.07, 6.45) is 2.08. The number of nitro benzene ring substituents is 1. The van der Waals surface area contributed by atoms with Crippen molar-refractivity contribution in [2.45, 2.75) is 19.8 Å². The van der Waals surface area contributed by atoms with Crippen LogP contribution in [-0.4, -0.2) is 17.4 Å². The molecule has 1 N–H and O–H groups in total. The molecule has 2 rings (SSSR count). The third-order valence-electron chi connectivity index (χ3n) is 3.17. The fourth-order valence-electron chi connectivity index (χ4n) is 2.08. The zero-order valence-electron chi connectivity index (χ0n) is 12.8. The fraction of sp³-hybridized carbons (Fsp3) is 0.235. The molecule has 0 heterocycles. The molecule has 0 unspecified atom stereocenters. The highest BCUT2D eigenvalue weighted by molar-refractivity contribution is 5.91. The fourth-order valence-corrected chi connectivity index (χ4v) is 2.08. The molecule has 0 saturated carbocycles. The number of hydrogen-bond acceptors (Lipinski definition) is 4. The standard InChI is InChI=1S/C17H18N2O4/c1-2-4-13-7-9-14(10-8-13)18-17(20)12-23-16-6-3-5-15(11-16)19(21)22/h3,5-11H,2,4,12H2,1H3,(H,18,20). The summed E-state index contributed by atoms with van der Waals surface area (Å²) in [5.74, 6) is -0.0348. The van der Waals surface area contributed by atoms with E-state index in [0.29, 0.717) is 5.69 Å². The highest BCUT2D eigenvalue weighted by Gasteiger charge is 2.08. The Morgan fingerprint density at radius 1 is 1.22 bits per heavy atom. The molecule has 0 radical (unpaired) electrons. The predicted molar refractivity (Wildman–Crippen MR) is 87.7 cm³/mol. The van der Waals surface area contributed by atoms with Gasteiger partial charge in [-0.1, -0.05) is 31.5 Å². The molecule has 0 aliphatic heterocycles. The first kappa shape index (κ1) is 16.5. The molecule has 0 atom stereocenters. The first-order chi connectivity index (χ1) is 11.1. The van der Waals surface area contributed by atoms with Gasteiger partial charge >= 0.3 is 0 Å². The van der Waals surface area contributed by atoms with Crippen LogP contribution in [0.3, 0.4) is 0 Å². The lowest BCUT2D eigenvalue weighted by Gasteiger charge is -2.08. The van der Waals surface area contributed by atoms with Crippen molar-refractivity contribution in [2.75, 3.05) is 11.9 Å². The number of nitro groups is 1. The molecule has 6 nitrogen and oxygen atoms in total. The average molecular weight is 314 g/mol. The number of nitrogens with one attached hydrogen (secondary N) is 1. The van der Waals surface area contributed by atoms with Gasteiger partial charge in [-0.2, -0.15) is 0 Å². The molecule has 0 aliphatic rings. The lowest BCUT2D eigenvalue weighted by Crippen LogP contribution is -2.20. The number of benzene rings is 2. The third kappa shape index (κ3) is 5.10. The van der Waals surface area contributed by atoms with Crippen molar-refractivity contribution in [3.05, 3.63) is 64.2 Å². The number of non-ortho nitro benzene ring substituents is 1. The van der Waals surface area contributed by atoms with Gasteiger partial charge in [-0.15, -0.1) is 0 Å². The number of carbonyl (C=O) groups is 1. The van der Waals surface area contributed by atoms with Gasteiger partial charge in [-0.3, -0.25) is 14.9 Å². The Bertz CT molecular complexity index is 683. The van der Waals surface area contributed by atoms with Gasteiger partial charge in [-0.25, -0.2) is 0 Å². The van der Waals surface area contributed by atoms with Crippen molar-refractivity contribution >= 4 is 17.3 Å². The number of nitrogens with zero attached hydrogens (tertiary/aromatic N) is 1. The van der Waals surface area contributed by atoms with Gasteiger partial charge in [0.2, 0.25) is 0 Å². The smallest absolute Gasteiger partial charge is 0.273 e.